The lowest BCUT2D eigenvalue weighted by molar-refractivity contribution is -0.120. The molecule has 0 saturated heterocycles. The Balaban J connectivity index is 2.16. The third kappa shape index (κ3) is 4.20. The molecule has 106 valence electrons. The highest BCUT2D eigenvalue weighted by atomic mass is 16.1. The quantitative estimate of drug-likeness (QED) is 0.843. The van der Waals surface area contributed by atoms with Gasteiger partial charge in [0.2, 0.25) is 5.91 Å². The van der Waals surface area contributed by atoms with Crippen molar-refractivity contribution in [1.29, 1.82) is 0 Å². The summed E-state index contributed by atoms with van der Waals surface area (Å²) in [7, 11) is 0. The van der Waals surface area contributed by atoms with Gasteiger partial charge in [0.25, 0.3) is 0 Å². The van der Waals surface area contributed by atoms with Crippen molar-refractivity contribution in [3.63, 3.8) is 0 Å². The molecule has 0 saturated carbocycles. The molecule has 2 aromatic rings. The van der Waals surface area contributed by atoms with Crippen LogP contribution in [0.4, 0.5) is 0 Å². The monoisotopic (exact) mass is 278 g/mol. The van der Waals surface area contributed by atoms with Crippen LogP contribution >= 0.6 is 0 Å². The van der Waals surface area contributed by atoms with E-state index in [-0.39, 0.29) is 5.91 Å². The van der Waals surface area contributed by atoms with Crippen LogP contribution in [-0.4, -0.2) is 12.5 Å². The minimum absolute atomic E-state index is 0.375. The minimum Gasteiger partial charge on any atom is -0.368 e. The molecule has 3 nitrogen and oxygen atoms in total. The van der Waals surface area contributed by atoms with E-state index in [2.05, 4.69) is 17.2 Å². The molecule has 3 N–H and O–H groups in total. The number of hydrogen-bond donors (Lipinski definition) is 2. The average molecular weight is 278 g/mol. The molecule has 21 heavy (non-hydrogen) atoms. The first kappa shape index (κ1) is 14.8. The largest absolute Gasteiger partial charge is 0.368 e. The Morgan fingerprint density at radius 1 is 1.05 bits per heavy atom. The van der Waals surface area contributed by atoms with Gasteiger partial charge in [-0.25, -0.2) is 0 Å². The van der Waals surface area contributed by atoms with Crippen molar-refractivity contribution in [3.8, 4) is 11.8 Å². The zero-order valence-electron chi connectivity index (χ0n) is 12.0. The topological polar surface area (TPSA) is 55.1 Å². The van der Waals surface area contributed by atoms with E-state index in [0.717, 1.165) is 16.7 Å². The van der Waals surface area contributed by atoms with E-state index in [1.54, 1.807) is 0 Å². The molecule has 0 heterocycles. The summed E-state index contributed by atoms with van der Waals surface area (Å²) in [5.74, 6) is 5.83. The number of nitrogens with two attached hydrogens (primary N) is 1. The van der Waals surface area contributed by atoms with Crippen LogP contribution in [-0.2, 0) is 4.79 Å². The van der Waals surface area contributed by atoms with Gasteiger partial charge in [0, 0.05) is 11.1 Å². The Morgan fingerprint density at radius 2 is 1.62 bits per heavy atom. The predicted octanol–water partition coefficient (Wildman–Crippen LogP) is 2.22. The lowest BCUT2D eigenvalue weighted by Crippen LogP contribution is -2.33. The van der Waals surface area contributed by atoms with E-state index in [1.165, 1.54) is 0 Å². The van der Waals surface area contributed by atoms with E-state index < -0.39 is 6.04 Å². The van der Waals surface area contributed by atoms with Gasteiger partial charge in [0.1, 0.15) is 6.04 Å². The van der Waals surface area contributed by atoms with Gasteiger partial charge in [-0.2, -0.15) is 0 Å². The number of likely N-dealkylation sites (N-methyl/N-ethyl adjacent to an activating group) is 1. The van der Waals surface area contributed by atoms with Gasteiger partial charge in [-0.1, -0.05) is 49.1 Å². The second kappa shape index (κ2) is 7.28. The summed E-state index contributed by atoms with van der Waals surface area (Å²) in [6.07, 6.45) is 0. The average Bonchev–Trinajstić information content (AvgIpc) is 2.52. The number of carbonyl (C=O) groups excluding carboxylic acids is 1. The highest BCUT2D eigenvalue weighted by Crippen LogP contribution is 2.13. The molecule has 1 unspecified atom stereocenters. The van der Waals surface area contributed by atoms with Crippen molar-refractivity contribution < 1.29 is 4.79 Å². The molecule has 0 bridgehead atoms. The van der Waals surface area contributed by atoms with E-state index in [0.29, 0.717) is 6.54 Å². The molecular weight excluding hydrogens is 260 g/mol. The van der Waals surface area contributed by atoms with Gasteiger partial charge < -0.3 is 11.1 Å². The van der Waals surface area contributed by atoms with Gasteiger partial charge in [-0.05, 0) is 36.4 Å². The molecule has 1 amide bonds. The number of benzene rings is 2. The number of carbonyl (C=O) groups is 1. The van der Waals surface area contributed by atoms with Crippen LogP contribution in [0.1, 0.15) is 29.7 Å². The molecule has 0 aliphatic heterocycles. The highest BCUT2D eigenvalue weighted by molar-refractivity contribution is 5.81. The normalized spacial score (nSPS) is 11.3. The van der Waals surface area contributed by atoms with Crippen LogP contribution < -0.4 is 11.1 Å². The van der Waals surface area contributed by atoms with Crippen molar-refractivity contribution in [2.24, 2.45) is 5.73 Å². The zero-order valence-corrected chi connectivity index (χ0v) is 12.0. The van der Waals surface area contributed by atoms with E-state index in [1.807, 2.05) is 61.5 Å². The molecule has 2 aromatic carbocycles. The first-order valence-corrected chi connectivity index (χ1v) is 6.90. The van der Waals surface area contributed by atoms with Crippen LogP contribution in [0.25, 0.3) is 0 Å². The maximum Gasteiger partial charge on any atom is 0.239 e. The molecule has 0 spiro atoms. The van der Waals surface area contributed by atoms with Crippen molar-refractivity contribution in [2.45, 2.75) is 13.0 Å². The van der Waals surface area contributed by atoms with Crippen molar-refractivity contribution in [2.75, 3.05) is 6.54 Å². The Labute approximate surface area is 125 Å². The maximum atomic E-state index is 11.4. The Bertz CT molecular complexity index is 651. The standard InChI is InChI=1S/C18H18N2O/c1-2-20-17(18(19)21)16-12-10-15(11-13-16)9-8-14-6-4-3-5-7-14/h3-7,10-13,17,20H,2H2,1H3,(H2,19,21). The van der Waals surface area contributed by atoms with E-state index >= 15 is 0 Å². The maximum absolute atomic E-state index is 11.4. The first-order chi connectivity index (χ1) is 10.2. The number of rotatable bonds is 4. The van der Waals surface area contributed by atoms with Crippen LogP contribution in [0.2, 0.25) is 0 Å². The number of hydrogen-bond acceptors (Lipinski definition) is 2. The summed E-state index contributed by atoms with van der Waals surface area (Å²) in [6, 6.07) is 16.9. The molecular formula is C18H18N2O. The Hall–Kier alpha value is -2.57. The van der Waals surface area contributed by atoms with Crippen LogP contribution in [0.5, 0.6) is 0 Å². The van der Waals surface area contributed by atoms with Crippen LogP contribution in [0.3, 0.4) is 0 Å². The van der Waals surface area contributed by atoms with E-state index in [4.69, 9.17) is 5.73 Å². The second-order valence-electron chi connectivity index (χ2n) is 4.63. The Morgan fingerprint density at radius 3 is 2.14 bits per heavy atom. The van der Waals surface area contributed by atoms with Gasteiger partial charge in [-0.15, -0.1) is 0 Å². The summed E-state index contributed by atoms with van der Waals surface area (Å²) in [5.41, 5.74) is 8.14. The number of amides is 1. The fraction of sp³-hybridized carbons (Fsp3) is 0.167. The second-order valence-corrected chi connectivity index (χ2v) is 4.63. The lowest BCUT2D eigenvalue weighted by Gasteiger charge is -2.14. The summed E-state index contributed by atoms with van der Waals surface area (Å²) in [4.78, 5) is 11.4. The molecule has 2 rings (SSSR count). The van der Waals surface area contributed by atoms with Crippen LogP contribution in [0.15, 0.2) is 54.6 Å². The van der Waals surface area contributed by atoms with Crippen molar-refractivity contribution in [1.82, 2.24) is 5.32 Å². The summed E-state index contributed by atoms with van der Waals surface area (Å²) >= 11 is 0. The van der Waals surface area contributed by atoms with E-state index in [9.17, 15) is 4.79 Å². The van der Waals surface area contributed by atoms with Crippen LogP contribution in [0, 0.1) is 11.8 Å². The summed E-state index contributed by atoms with van der Waals surface area (Å²) in [5, 5.41) is 3.07. The van der Waals surface area contributed by atoms with Gasteiger partial charge >= 0.3 is 0 Å². The number of nitrogens with one attached hydrogen (secondary N) is 1. The lowest BCUT2D eigenvalue weighted by atomic mass is 10.0. The fourth-order valence-corrected chi connectivity index (χ4v) is 2.01. The van der Waals surface area contributed by atoms with Gasteiger partial charge in [-0.3, -0.25) is 4.79 Å². The molecule has 1 atom stereocenters. The molecule has 3 heteroatoms. The summed E-state index contributed by atoms with van der Waals surface area (Å²) < 4.78 is 0. The van der Waals surface area contributed by atoms with Gasteiger partial charge in [0.05, 0.1) is 0 Å². The van der Waals surface area contributed by atoms with Gasteiger partial charge in [0.15, 0.2) is 0 Å². The molecule has 0 radical (unpaired) electrons. The first-order valence-electron chi connectivity index (χ1n) is 6.90. The minimum atomic E-state index is -0.453. The zero-order chi connectivity index (χ0) is 15.1. The third-order valence-electron chi connectivity index (χ3n) is 3.06. The molecule has 0 fully saturated rings. The number of primary amides is 1. The molecule has 0 aliphatic rings. The highest BCUT2D eigenvalue weighted by Gasteiger charge is 2.15. The third-order valence-corrected chi connectivity index (χ3v) is 3.06. The van der Waals surface area contributed by atoms with Crippen molar-refractivity contribution >= 4 is 5.91 Å². The SMILES string of the molecule is CCNC(C(N)=O)c1ccc(C#Cc2ccccc2)cc1. The molecule has 0 aromatic heterocycles. The molecule has 0 aliphatic carbocycles. The fourth-order valence-electron chi connectivity index (χ4n) is 2.01. The Kier molecular flexibility index (Phi) is 5.14. The predicted molar refractivity (Wildman–Crippen MR) is 84.5 cm³/mol. The summed E-state index contributed by atoms with van der Waals surface area (Å²) in [6.45, 7) is 2.62. The smallest absolute Gasteiger partial charge is 0.239 e. The van der Waals surface area contributed by atoms with Crippen molar-refractivity contribution in [3.05, 3.63) is 71.3 Å².